The van der Waals surface area contributed by atoms with Crippen LogP contribution in [0.25, 0.3) is 0 Å². The molecule has 1 aromatic heterocycles. The second kappa shape index (κ2) is 14.9. The summed E-state index contributed by atoms with van der Waals surface area (Å²) < 4.78 is 44.1. The highest BCUT2D eigenvalue weighted by molar-refractivity contribution is 7.89. The van der Waals surface area contributed by atoms with E-state index >= 15 is 4.39 Å². The second-order valence-corrected chi connectivity index (χ2v) is 13.8. The third-order valence-corrected chi connectivity index (χ3v) is 10.4. The highest BCUT2D eigenvalue weighted by Crippen LogP contribution is 2.33. The van der Waals surface area contributed by atoms with E-state index in [-0.39, 0.29) is 48.0 Å². The molecule has 1 aliphatic heterocycles. The monoisotopic (exact) mass is 672 g/mol. The number of nitrogens with zero attached hydrogens (tertiary/aromatic N) is 5. The predicted molar refractivity (Wildman–Crippen MR) is 170 cm³/mol. The van der Waals surface area contributed by atoms with Gasteiger partial charge in [0.05, 0.1) is 23.0 Å². The molecule has 3 N–H and O–H groups in total. The number of sulfonamides is 1. The largest absolute Gasteiger partial charge is 0.465 e. The summed E-state index contributed by atoms with van der Waals surface area (Å²) in [5, 5.41) is 16.9. The van der Waals surface area contributed by atoms with Crippen LogP contribution in [0.4, 0.5) is 14.9 Å². The third-order valence-electron chi connectivity index (χ3n) is 8.05. The fourth-order valence-corrected chi connectivity index (χ4v) is 7.97. The number of pyridine rings is 1. The molecular weight excluding hydrogens is 637 g/mol. The van der Waals surface area contributed by atoms with Crippen LogP contribution < -0.4 is 10.2 Å². The van der Waals surface area contributed by atoms with Gasteiger partial charge in [-0.15, -0.1) is 0 Å². The molecule has 4 rings (SSSR count). The van der Waals surface area contributed by atoms with Gasteiger partial charge in [0.2, 0.25) is 21.0 Å². The number of carbonyl (C=O) groups is 2. The Bertz CT molecular complexity index is 1710. The lowest BCUT2D eigenvalue weighted by molar-refractivity contribution is -0.118. The first-order valence-corrected chi connectivity index (χ1v) is 16.5. The van der Waals surface area contributed by atoms with E-state index in [1.807, 2.05) is 13.8 Å². The maximum Gasteiger partial charge on any atom is 0.407 e. The van der Waals surface area contributed by atoms with Crippen LogP contribution in [0.1, 0.15) is 44.2 Å². The number of carboxylic acid groups (broad SMARTS) is 1. The summed E-state index contributed by atoms with van der Waals surface area (Å²) in [7, 11) is -4.03. The van der Waals surface area contributed by atoms with Crippen LogP contribution in [0.5, 0.6) is 0 Å². The lowest BCUT2D eigenvalue weighted by atomic mass is 9.82. The van der Waals surface area contributed by atoms with Crippen molar-refractivity contribution in [1.82, 2.24) is 19.1 Å². The van der Waals surface area contributed by atoms with Crippen LogP contribution in [-0.2, 0) is 21.2 Å². The van der Waals surface area contributed by atoms with Crippen molar-refractivity contribution in [2.45, 2.75) is 62.6 Å². The Morgan fingerprint density at radius 1 is 1.15 bits per heavy atom. The molecule has 1 aliphatic rings. The topological polar surface area (TPSA) is 170 Å². The molecule has 12 nitrogen and oxygen atoms in total. The highest BCUT2D eigenvalue weighted by atomic mass is 35.5. The summed E-state index contributed by atoms with van der Waals surface area (Å²) >= 11 is 6.06. The van der Waals surface area contributed by atoms with Crippen LogP contribution in [0, 0.1) is 17.3 Å². The lowest BCUT2D eigenvalue weighted by Gasteiger charge is -2.43. The molecule has 244 valence electrons. The third kappa shape index (κ3) is 7.76. The van der Waals surface area contributed by atoms with Crippen molar-refractivity contribution in [3.05, 3.63) is 89.0 Å². The number of aromatic nitrogens is 1. The lowest BCUT2D eigenvalue weighted by Crippen LogP contribution is -2.60. The van der Waals surface area contributed by atoms with Crippen LogP contribution in [0.2, 0.25) is 5.02 Å². The molecule has 1 saturated heterocycles. The molecule has 1 fully saturated rings. The van der Waals surface area contributed by atoms with Crippen molar-refractivity contribution in [3.8, 4) is 0 Å². The molecule has 2 heterocycles. The molecule has 4 atom stereocenters. The maximum atomic E-state index is 15.3. The van der Waals surface area contributed by atoms with Gasteiger partial charge in [-0.2, -0.15) is 4.31 Å². The Morgan fingerprint density at radius 2 is 1.83 bits per heavy atom. The highest BCUT2D eigenvalue weighted by Gasteiger charge is 2.42. The van der Waals surface area contributed by atoms with E-state index in [4.69, 9.17) is 17.1 Å². The van der Waals surface area contributed by atoms with Gasteiger partial charge in [-0.05, 0) is 55.5 Å². The van der Waals surface area contributed by atoms with Crippen molar-refractivity contribution in [1.29, 1.82) is 5.53 Å². The molecule has 2 unspecified atom stereocenters. The Morgan fingerprint density at radius 3 is 2.43 bits per heavy atom. The molecule has 0 spiro atoms. The zero-order valence-corrected chi connectivity index (χ0v) is 27.1. The van der Waals surface area contributed by atoms with Gasteiger partial charge in [0.15, 0.2) is 0 Å². The Balaban J connectivity index is 1.64. The molecule has 2 amide bonds. The van der Waals surface area contributed by atoms with Gasteiger partial charge in [0, 0.05) is 41.7 Å². The minimum absolute atomic E-state index is 0.0284. The molecule has 0 radical (unpaired) electrons. The van der Waals surface area contributed by atoms with Crippen molar-refractivity contribution < 1.29 is 27.5 Å². The minimum Gasteiger partial charge on any atom is -0.465 e. The van der Waals surface area contributed by atoms with E-state index in [2.05, 4.69) is 20.3 Å². The molecule has 0 aliphatic carbocycles. The molecule has 3 aromatic rings. The van der Waals surface area contributed by atoms with E-state index in [1.165, 1.54) is 22.6 Å². The van der Waals surface area contributed by atoms with Crippen LogP contribution >= 0.6 is 11.6 Å². The summed E-state index contributed by atoms with van der Waals surface area (Å²) in [6, 6.07) is 12.1. The first-order valence-electron chi connectivity index (χ1n) is 14.7. The smallest absolute Gasteiger partial charge is 0.407 e. The number of halogens is 2. The van der Waals surface area contributed by atoms with Gasteiger partial charge in [-0.3, -0.25) is 9.78 Å². The molecular formula is C31H36ClFN7O5S+. The van der Waals surface area contributed by atoms with Crippen molar-refractivity contribution >= 4 is 39.3 Å². The average molecular weight is 673 g/mol. The number of amides is 2. The standard InChI is InChI=1S/C31H35ClFN7O5S/c1-19(2)28(21-9-11-22(32)12-10-21)29(37-38-34)30(41)36-27-16-35-15-26(33)25(27)14-13-23-18-39(31(42)43)17-20(3)40(23)46(44,45)24-7-5-4-6-8-24/h4-12,15-16,19-20,23,28-29,34H,13-14,17-18H2,1-3H3,(H-,36,41,42,43)/p+1/t20?,23?,28-,29+/m1/s1. The van der Waals surface area contributed by atoms with E-state index in [0.717, 1.165) is 16.7 Å². The van der Waals surface area contributed by atoms with Gasteiger partial charge in [-0.1, -0.05) is 55.8 Å². The van der Waals surface area contributed by atoms with Gasteiger partial charge in [-0.25, -0.2) is 17.6 Å². The van der Waals surface area contributed by atoms with Crippen molar-refractivity contribution in [3.63, 3.8) is 0 Å². The molecule has 15 heteroatoms. The maximum absolute atomic E-state index is 15.3. The van der Waals surface area contributed by atoms with E-state index < -0.39 is 51.9 Å². The van der Waals surface area contributed by atoms with Crippen LogP contribution in [0.3, 0.4) is 0 Å². The number of benzene rings is 2. The van der Waals surface area contributed by atoms with Gasteiger partial charge >= 0.3 is 6.09 Å². The first kappa shape index (κ1) is 34.6. The van der Waals surface area contributed by atoms with E-state index in [9.17, 15) is 23.1 Å². The number of rotatable bonds is 11. The van der Waals surface area contributed by atoms with Gasteiger partial charge in [0.1, 0.15) is 16.5 Å². The SMILES string of the molecule is CC(C)[C@H](c1ccc(Cl)cc1)[C@H](N=[N+]=N)C(=O)Nc1cncc(F)c1CCC1CN(C(=O)O)CC(C)N1S(=O)(=O)c1ccccc1. The number of hydrogen-bond donors (Lipinski definition) is 3. The zero-order valence-electron chi connectivity index (χ0n) is 25.5. The molecule has 2 aromatic carbocycles. The molecule has 0 saturated carbocycles. The number of hydrogen-bond acceptors (Lipinski definition) is 7. The molecule has 46 heavy (non-hydrogen) atoms. The number of carbonyl (C=O) groups excluding carboxylic acids is 1. The Labute approximate surface area is 271 Å². The van der Waals surface area contributed by atoms with E-state index in [1.54, 1.807) is 49.4 Å². The summed E-state index contributed by atoms with van der Waals surface area (Å²) in [6.07, 6.45) is 1.07. The van der Waals surface area contributed by atoms with Crippen LogP contribution in [-0.4, -0.2) is 70.9 Å². The Kier molecular flexibility index (Phi) is 11.2. The first-order chi connectivity index (χ1) is 21.8. The summed E-state index contributed by atoms with van der Waals surface area (Å²) in [6.45, 7) is 5.28. The average Bonchev–Trinajstić information content (AvgIpc) is 3.01. The summed E-state index contributed by atoms with van der Waals surface area (Å²) in [4.78, 5) is 33.9. The zero-order chi connectivity index (χ0) is 33.6. The predicted octanol–water partition coefficient (Wildman–Crippen LogP) is 5.55. The summed E-state index contributed by atoms with van der Waals surface area (Å²) in [5.74, 6) is -1.99. The number of piperazine rings is 1. The fourth-order valence-electron chi connectivity index (χ4n) is 6.00. The van der Waals surface area contributed by atoms with Gasteiger partial charge < -0.3 is 15.3 Å². The number of anilines is 1. The Hall–Kier alpha value is -4.23. The van der Waals surface area contributed by atoms with Crippen molar-refractivity contribution in [2.24, 2.45) is 11.0 Å². The quantitative estimate of drug-likeness (QED) is 0.178. The second-order valence-electron chi connectivity index (χ2n) is 11.5. The van der Waals surface area contributed by atoms with Crippen molar-refractivity contribution in [2.75, 3.05) is 18.4 Å². The molecule has 0 bridgehead atoms. The minimum atomic E-state index is -4.03. The number of nitrogens with one attached hydrogen (secondary N) is 2. The van der Waals surface area contributed by atoms with E-state index in [0.29, 0.717) is 5.02 Å². The fraction of sp³-hybridized carbons (Fsp3) is 0.387. The normalized spacial score (nSPS) is 18.4. The van der Waals surface area contributed by atoms with Crippen LogP contribution in [0.15, 0.2) is 77.0 Å². The van der Waals surface area contributed by atoms with Gasteiger partial charge in [0.25, 0.3) is 5.91 Å². The summed E-state index contributed by atoms with van der Waals surface area (Å²) in [5.41, 5.74) is 8.23.